The molecule has 0 aromatic rings. The maximum Gasteiger partial charge on any atom is 4.00 e. The largest absolute Gasteiger partial charge is 4.00 e. The van der Waals surface area contributed by atoms with Gasteiger partial charge in [0.1, 0.15) is 0 Å². The summed E-state index contributed by atoms with van der Waals surface area (Å²) in [5.41, 5.74) is 0. The Morgan fingerprint density at radius 1 is 0.333 bits per heavy atom. The standard InChI is InChI=1S/4C9H18O2.Si/c4*1-3-5-7-8(6-4-2)9(10)11;/h4*8H,3-7H2,1-2H3,(H,10,11);/q;;;;+4/p-4. The quantitative estimate of drug-likeness (QED) is 0.131. The van der Waals surface area contributed by atoms with Crippen molar-refractivity contribution >= 4 is 34.8 Å². The number of aliphatic carboxylic acids is 4. The van der Waals surface area contributed by atoms with Gasteiger partial charge in [-0.05, 0) is 75.0 Å². The molecule has 0 aliphatic heterocycles. The Balaban J connectivity index is -0.000000157. The second-order valence-corrected chi connectivity index (χ2v) is 11.8. The molecule has 0 saturated carbocycles. The zero-order valence-corrected chi connectivity index (χ0v) is 31.2. The Bertz CT molecular complexity index is 559. The molecular formula is C36H68O8Si. The molecule has 45 heavy (non-hydrogen) atoms. The van der Waals surface area contributed by atoms with Crippen LogP contribution in [0.2, 0.25) is 0 Å². The molecule has 0 aromatic carbocycles. The summed E-state index contributed by atoms with van der Waals surface area (Å²) in [7, 11) is 0. The molecule has 0 N–H and O–H groups in total. The molecule has 0 saturated heterocycles. The van der Waals surface area contributed by atoms with Crippen LogP contribution in [-0.2, 0) is 19.2 Å². The van der Waals surface area contributed by atoms with Gasteiger partial charge in [-0.2, -0.15) is 0 Å². The van der Waals surface area contributed by atoms with E-state index in [9.17, 15) is 39.6 Å². The number of rotatable bonds is 24. The fraction of sp³-hybridized carbons (Fsp3) is 0.889. The molecule has 0 aliphatic rings. The van der Waals surface area contributed by atoms with Crippen molar-refractivity contribution in [1.82, 2.24) is 0 Å². The molecule has 0 fully saturated rings. The fourth-order valence-corrected chi connectivity index (χ4v) is 4.72. The number of hydrogen-bond acceptors (Lipinski definition) is 8. The monoisotopic (exact) mass is 656 g/mol. The Hall–Kier alpha value is -1.90. The van der Waals surface area contributed by atoms with E-state index >= 15 is 0 Å². The van der Waals surface area contributed by atoms with Gasteiger partial charge >= 0.3 is 11.0 Å². The third kappa shape index (κ3) is 38.2. The van der Waals surface area contributed by atoms with Crippen molar-refractivity contribution in [3.63, 3.8) is 0 Å². The molecular weight excluding hydrogens is 588 g/mol. The first-order chi connectivity index (χ1) is 20.9. The van der Waals surface area contributed by atoms with Gasteiger partial charge in [0, 0.05) is 23.9 Å². The fourth-order valence-electron chi connectivity index (χ4n) is 4.72. The van der Waals surface area contributed by atoms with Crippen molar-refractivity contribution in [3.05, 3.63) is 0 Å². The Kier molecular flexibility index (Phi) is 46.9. The molecule has 264 valence electrons. The van der Waals surface area contributed by atoms with Crippen LogP contribution in [-0.4, -0.2) is 34.8 Å². The summed E-state index contributed by atoms with van der Waals surface area (Å²) >= 11 is 0. The normalized spacial score (nSPS) is 12.6. The van der Waals surface area contributed by atoms with Gasteiger partial charge in [0.15, 0.2) is 0 Å². The van der Waals surface area contributed by atoms with E-state index in [-0.39, 0.29) is 34.6 Å². The molecule has 0 bridgehead atoms. The van der Waals surface area contributed by atoms with Crippen molar-refractivity contribution in [1.29, 1.82) is 0 Å². The predicted octanol–water partition coefficient (Wildman–Crippen LogP) is 4.99. The summed E-state index contributed by atoms with van der Waals surface area (Å²) in [6.07, 6.45) is 18.2. The maximum absolute atomic E-state index is 10.5. The zero-order valence-electron chi connectivity index (χ0n) is 30.2. The molecule has 0 heterocycles. The first kappa shape index (κ1) is 52.6. The molecule has 0 aliphatic carbocycles. The Labute approximate surface area is 281 Å². The number of unbranched alkanes of at least 4 members (excludes halogenated alkanes) is 4. The van der Waals surface area contributed by atoms with Crippen LogP contribution in [0.3, 0.4) is 0 Å². The zero-order chi connectivity index (χ0) is 34.8. The first-order valence-corrected chi connectivity index (χ1v) is 17.7. The van der Waals surface area contributed by atoms with E-state index in [1.807, 2.05) is 27.7 Å². The van der Waals surface area contributed by atoms with E-state index in [0.29, 0.717) is 0 Å². The second kappa shape index (κ2) is 40.1. The van der Waals surface area contributed by atoms with E-state index in [1.165, 1.54) is 0 Å². The summed E-state index contributed by atoms with van der Waals surface area (Å²) in [5, 5.41) is 41.9. The van der Waals surface area contributed by atoms with Crippen LogP contribution in [0.25, 0.3) is 0 Å². The maximum atomic E-state index is 10.5. The van der Waals surface area contributed by atoms with Gasteiger partial charge in [0.2, 0.25) is 0 Å². The molecule has 0 amide bonds. The minimum absolute atomic E-state index is 0. The van der Waals surface area contributed by atoms with E-state index in [4.69, 9.17) is 0 Å². The average molecular weight is 657 g/mol. The summed E-state index contributed by atoms with van der Waals surface area (Å²) < 4.78 is 0. The number of hydrogen-bond donors (Lipinski definition) is 0. The molecule has 9 heteroatoms. The van der Waals surface area contributed by atoms with Crippen LogP contribution >= 0.6 is 0 Å². The summed E-state index contributed by atoms with van der Waals surface area (Å²) in [6, 6.07) is 0. The summed E-state index contributed by atoms with van der Waals surface area (Å²) in [6.45, 7) is 16.3. The number of carboxylic acid groups (broad SMARTS) is 4. The van der Waals surface area contributed by atoms with Gasteiger partial charge in [-0.15, -0.1) is 0 Å². The molecule has 0 radical (unpaired) electrons. The van der Waals surface area contributed by atoms with E-state index in [1.54, 1.807) is 0 Å². The summed E-state index contributed by atoms with van der Waals surface area (Å²) in [5.74, 6) is -4.33. The smallest absolute Gasteiger partial charge is 0.550 e. The molecule has 0 spiro atoms. The number of carbonyl (C=O) groups excluding carboxylic acids is 4. The Morgan fingerprint density at radius 3 is 0.578 bits per heavy atom. The van der Waals surface area contributed by atoms with Crippen LogP contribution in [0.15, 0.2) is 0 Å². The third-order valence-electron chi connectivity index (χ3n) is 7.51. The van der Waals surface area contributed by atoms with E-state index < -0.39 is 23.9 Å². The van der Waals surface area contributed by atoms with E-state index in [0.717, 1.165) is 128 Å². The van der Waals surface area contributed by atoms with Crippen LogP contribution in [0.1, 0.15) is 184 Å². The minimum atomic E-state index is -0.875. The molecule has 8 nitrogen and oxygen atoms in total. The molecule has 0 rings (SSSR count). The van der Waals surface area contributed by atoms with Crippen molar-refractivity contribution in [3.8, 4) is 0 Å². The topological polar surface area (TPSA) is 161 Å². The number of carboxylic acids is 4. The Morgan fingerprint density at radius 2 is 0.489 bits per heavy atom. The van der Waals surface area contributed by atoms with Gasteiger partial charge in [-0.1, -0.05) is 132 Å². The van der Waals surface area contributed by atoms with Crippen molar-refractivity contribution < 1.29 is 39.6 Å². The van der Waals surface area contributed by atoms with Crippen LogP contribution in [0.4, 0.5) is 0 Å². The SMILES string of the molecule is CCCCC(CCC)C(=O)[O-].CCCCC(CCC)C(=O)[O-].CCCCC(CCC)C(=O)[O-].CCCCC(CCC)C(=O)[O-].[Si+4]. The summed E-state index contributed by atoms with van der Waals surface area (Å²) in [4.78, 5) is 41.9. The molecule has 0 aromatic heterocycles. The average Bonchev–Trinajstić information content (AvgIpc) is 2.98. The van der Waals surface area contributed by atoms with Crippen molar-refractivity contribution in [2.24, 2.45) is 23.7 Å². The number of carbonyl (C=O) groups is 4. The van der Waals surface area contributed by atoms with E-state index in [2.05, 4.69) is 27.7 Å². The van der Waals surface area contributed by atoms with Gasteiger partial charge in [-0.3, -0.25) is 0 Å². The third-order valence-corrected chi connectivity index (χ3v) is 7.51. The molecule has 4 unspecified atom stereocenters. The van der Waals surface area contributed by atoms with Crippen LogP contribution in [0.5, 0.6) is 0 Å². The molecule has 4 atom stereocenters. The minimum Gasteiger partial charge on any atom is -0.550 e. The van der Waals surface area contributed by atoms with Crippen molar-refractivity contribution in [2.45, 2.75) is 184 Å². The second-order valence-electron chi connectivity index (χ2n) is 11.8. The van der Waals surface area contributed by atoms with Crippen molar-refractivity contribution in [2.75, 3.05) is 0 Å². The van der Waals surface area contributed by atoms with Crippen LogP contribution < -0.4 is 20.4 Å². The first-order valence-electron chi connectivity index (χ1n) is 17.7. The van der Waals surface area contributed by atoms with Gasteiger partial charge < -0.3 is 39.6 Å². The van der Waals surface area contributed by atoms with Gasteiger partial charge in [0.25, 0.3) is 0 Å². The predicted molar refractivity (Wildman–Crippen MR) is 177 cm³/mol. The van der Waals surface area contributed by atoms with Gasteiger partial charge in [-0.25, -0.2) is 0 Å². The van der Waals surface area contributed by atoms with Crippen LogP contribution in [0, 0.1) is 23.7 Å². The van der Waals surface area contributed by atoms with Gasteiger partial charge in [0.05, 0.1) is 0 Å².